The van der Waals surface area contributed by atoms with Crippen LogP contribution in [0.2, 0.25) is 5.02 Å². The molecule has 0 aliphatic carbocycles. The number of hydrogen-bond acceptors (Lipinski definition) is 6. The molecule has 0 aliphatic rings. The second-order valence-corrected chi connectivity index (χ2v) is 9.47. The zero-order chi connectivity index (χ0) is 26.5. The molecule has 3 aromatic carbocycles. The normalized spacial score (nSPS) is 11.2. The molecular weight excluding hydrogens is 562 g/mol. The maximum Gasteiger partial charge on any atom is 0.335 e. The van der Waals surface area contributed by atoms with Crippen LogP contribution >= 0.6 is 27.5 Å². The lowest BCUT2D eigenvalue weighted by Gasteiger charge is -2.14. The summed E-state index contributed by atoms with van der Waals surface area (Å²) in [4.78, 5) is 29.1. The number of ether oxygens (including phenoxy) is 2. The number of carboxylic acids is 1. The van der Waals surface area contributed by atoms with Crippen LogP contribution in [0.4, 0.5) is 0 Å². The van der Waals surface area contributed by atoms with E-state index in [-0.39, 0.29) is 17.7 Å². The fraction of sp³-hybridized carbons (Fsp3) is 0.185. The lowest BCUT2D eigenvalue weighted by molar-refractivity contribution is 0.0697. The standard InChI is InChI=1S/C27H23BrClN3O5/c1-3-4-24-31-22-10-9-19(28)12-21(22)26(33)32(24)30-14-18-11-20(29)13-23(36-2)25(18)37-15-16-5-7-17(8-6-16)27(34)35/h5-14H,3-4,15H2,1-2H3,(H,34,35). The molecule has 0 radical (unpaired) electrons. The fourth-order valence-electron chi connectivity index (χ4n) is 3.71. The average molecular weight is 585 g/mol. The number of carboxylic acid groups (broad SMARTS) is 1. The van der Waals surface area contributed by atoms with Crippen molar-refractivity contribution >= 4 is 50.6 Å². The molecule has 0 fully saturated rings. The summed E-state index contributed by atoms with van der Waals surface area (Å²) in [5, 5.41) is 14.4. The number of rotatable bonds is 9. The van der Waals surface area contributed by atoms with Gasteiger partial charge >= 0.3 is 5.97 Å². The zero-order valence-corrected chi connectivity index (χ0v) is 22.4. The molecule has 0 saturated carbocycles. The van der Waals surface area contributed by atoms with Gasteiger partial charge in [-0.15, -0.1) is 0 Å². The highest BCUT2D eigenvalue weighted by molar-refractivity contribution is 9.10. The van der Waals surface area contributed by atoms with Crippen molar-refractivity contribution < 1.29 is 19.4 Å². The van der Waals surface area contributed by atoms with Gasteiger partial charge in [-0.1, -0.05) is 46.6 Å². The summed E-state index contributed by atoms with van der Waals surface area (Å²) in [6, 6.07) is 15.0. The van der Waals surface area contributed by atoms with Crippen LogP contribution in [0.25, 0.3) is 10.9 Å². The van der Waals surface area contributed by atoms with Gasteiger partial charge in [0.25, 0.3) is 5.56 Å². The molecule has 8 nitrogen and oxygen atoms in total. The predicted octanol–water partition coefficient (Wildman–Crippen LogP) is 5.93. The van der Waals surface area contributed by atoms with Gasteiger partial charge in [-0.25, -0.2) is 9.78 Å². The monoisotopic (exact) mass is 583 g/mol. The number of halogens is 2. The minimum atomic E-state index is -1.00. The molecule has 0 amide bonds. The quantitative estimate of drug-likeness (QED) is 0.245. The first-order valence-electron chi connectivity index (χ1n) is 11.4. The first-order chi connectivity index (χ1) is 17.8. The molecule has 0 bridgehead atoms. The highest BCUT2D eigenvalue weighted by Crippen LogP contribution is 2.34. The van der Waals surface area contributed by atoms with Crippen LogP contribution in [0, 0.1) is 0 Å². The molecule has 37 heavy (non-hydrogen) atoms. The summed E-state index contributed by atoms with van der Waals surface area (Å²) in [6.07, 6.45) is 2.83. The minimum absolute atomic E-state index is 0.144. The van der Waals surface area contributed by atoms with Gasteiger partial charge in [0, 0.05) is 27.5 Å². The highest BCUT2D eigenvalue weighted by Gasteiger charge is 2.15. The fourth-order valence-corrected chi connectivity index (χ4v) is 4.29. The molecule has 4 rings (SSSR count). The van der Waals surface area contributed by atoms with Crippen molar-refractivity contribution in [2.75, 3.05) is 7.11 Å². The van der Waals surface area contributed by atoms with Crippen LogP contribution in [-0.2, 0) is 13.0 Å². The number of carbonyl (C=O) groups is 1. The number of nitrogens with zero attached hydrogens (tertiary/aromatic N) is 3. The molecule has 0 aliphatic heterocycles. The van der Waals surface area contributed by atoms with E-state index in [1.807, 2.05) is 13.0 Å². The third-order valence-electron chi connectivity index (χ3n) is 5.51. The Balaban J connectivity index is 1.74. The van der Waals surface area contributed by atoms with Gasteiger partial charge in [-0.3, -0.25) is 4.79 Å². The van der Waals surface area contributed by atoms with Gasteiger partial charge in [0.15, 0.2) is 11.5 Å². The van der Waals surface area contributed by atoms with E-state index in [4.69, 9.17) is 26.2 Å². The second-order valence-electron chi connectivity index (χ2n) is 8.12. The molecule has 4 aromatic rings. The lowest BCUT2D eigenvalue weighted by atomic mass is 10.1. The molecule has 10 heteroatoms. The minimum Gasteiger partial charge on any atom is -0.493 e. The molecule has 0 saturated heterocycles. The van der Waals surface area contributed by atoms with Gasteiger partial charge in [0.2, 0.25) is 0 Å². The molecule has 0 atom stereocenters. The van der Waals surface area contributed by atoms with Crippen molar-refractivity contribution in [1.82, 2.24) is 9.66 Å². The van der Waals surface area contributed by atoms with Crippen molar-refractivity contribution in [2.45, 2.75) is 26.4 Å². The molecule has 0 unspecified atom stereocenters. The van der Waals surface area contributed by atoms with Crippen LogP contribution in [0.5, 0.6) is 11.5 Å². The van der Waals surface area contributed by atoms with Gasteiger partial charge < -0.3 is 14.6 Å². The van der Waals surface area contributed by atoms with Gasteiger partial charge in [-0.2, -0.15) is 9.78 Å². The van der Waals surface area contributed by atoms with Gasteiger partial charge in [-0.05, 0) is 48.4 Å². The number of aromatic nitrogens is 2. The maximum atomic E-state index is 13.3. The van der Waals surface area contributed by atoms with E-state index in [9.17, 15) is 9.59 Å². The maximum absolute atomic E-state index is 13.3. The first-order valence-corrected chi connectivity index (χ1v) is 12.6. The smallest absolute Gasteiger partial charge is 0.335 e. The molecule has 1 aromatic heterocycles. The van der Waals surface area contributed by atoms with Crippen LogP contribution in [0.1, 0.15) is 40.7 Å². The van der Waals surface area contributed by atoms with E-state index >= 15 is 0 Å². The van der Waals surface area contributed by atoms with E-state index in [1.54, 1.807) is 36.4 Å². The Kier molecular flexibility index (Phi) is 8.25. The Hall–Kier alpha value is -3.69. The topological polar surface area (TPSA) is 103 Å². The summed E-state index contributed by atoms with van der Waals surface area (Å²) < 4.78 is 13.6. The van der Waals surface area contributed by atoms with Crippen molar-refractivity contribution in [3.05, 3.63) is 97.0 Å². The molecule has 1 N–H and O–H groups in total. The van der Waals surface area contributed by atoms with Crippen molar-refractivity contribution in [3.8, 4) is 11.5 Å². The van der Waals surface area contributed by atoms with Crippen molar-refractivity contribution in [3.63, 3.8) is 0 Å². The number of aryl methyl sites for hydroxylation is 1. The van der Waals surface area contributed by atoms with Gasteiger partial charge in [0.05, 0.1) is 29.8 Å². The third-order valence-corrected chi connectivity index (χ3v) is 6.23. The summed E-state index contributed by atoms with van der Waals surface area (Å²) >= 11 is 9.72. The SMILES string of the molecule is CCCc1nc2ccc(Br)cc2c(=O)n1N=Cc1cc(Cl)cc(OC)c1OCc1ccc(C(=O)O)cc1. The highest BCUT2D eigenvalue weighted by atomic mass is 79.9. The third kappa shape index (κ3) is 6.00. The summed E-state index contributed by atoms with van der Waals surface area (Å²) in [5.74, 6) is 0.296. The molecule has 190 valence electrons. The summed E-state index contributed by atoms with van der Waals surface area (Å²) in [5.41, 5.74) is 1.75. The van der Waals surface area contributed by atoms with Crippen LogP contribution in [-0.4, -0.2) is 34.1 Å². The van der Waals surface area contributed by atoms with Crippen LogP contribution in [0.15, 0.2) is 69.0 Å². The summed E-state index contributed by atoms with van der Waals surface area (Å²) in [7, 11) is 1.50. The molecular formula is C27H23BrClN3O5. The number of methoxy groups -OCH3 is 1. The van der Waals surface area contributed by atoms with Crippen molar-refractivity contribution in [1.29, 1.82) is 0 Å². The zero-order valence-electron chi connectivity index (χ0n) is 20.1. The predicted molar refractivity (Wildman–Crippen MR) is 146 cm³/mol. The van der Waals surface area contributed by atoms with E-state index in [1.165, 1.54) is 30.1 Å². The Morgan fingerprint density at radius 3 is 2.62 bits per heavy atom. The van der Waals surface area contributed by atoms with E-state index in [2.05, 4.69) is 26.0 Å². The first kappa shape index (κ1) is 26.4. The van der Waals surface area contributed by atoms with E-state index in [0.29, 0.717) is 45.2 Å². The Morgan fingerprint density at radius 2 is 1.95 bits per heavy atom. The summed E-state index contributed by atoms with van der Waals surface area (Å²) in [6.45, 7) is 2.15. The number of aromatic carboxylic acids is 1. The number of fused-ring (bicyclic) bond motifs is 1. The van der Waals surface area contributed by atoms with Crippen LogP contribution in [0.3, 0.4) is 0 Å². The molecule has 0 spiro atoms. The Bertz CT molecular complexity index is 1550. The van der Waals surface area contributed by atoms with Crippen LogP contribution < -0.4 is 15.0 Å². The largest absolute Gasteiger partial charge is 0.493 e. The second kappa shape index (κ2) is 11.6. The van der Waals surface area contributed by atoms with Crippen molar-refractivity contribution in [2.24, 2.45) is 5.10 Å². The number of hydrogen-bond donors (Lipinski definition) is 1. The van der Waals surface area contributed by atoms with E-state index < -0.39 is 5.97 Å². The van der Waals surface area contributed by atoms with E-state index in [0.717, 1.165) is 16.5 Å². The Labute approximate surface area is 226 Å². The lowest BCUT2D eigenvalue weighted by Crippen LogP contribution is -2.22. The average Bonchev–Trinajstić information content (AvgIpc) is 2.88. The van der Waals surface area contributed by atoms with Gasteiger partial charge in [0.1, 0.15) is 12.4 Å². The number of benzene rings is 3. The molecule has 1 heterocycles. The Morgan fingerprint density at radius 1 is 1.19 bits per heavy atom.